The van der Waals surface area contributed by atoms with Crippen LogP contribution in [0.2, 0.25) is 0 Å². The van der Waals surface area contributed by atoms with Crippen molar-refractivity contribution < 1.29 is 4.74 Å². The van der Waals surface area contributed by atoms with Gasteiger partial charge in [-0.1, -0.05) is 20.8 Å². The summed E-state index contributed by atoms with van der Waals surface area (Å²) in [6.45, 7) is 11.4. The molecule has 0 radical (unpaired) electrons. The largest absolute Gasteiger partial charge is 0.380 e. The summed E-state index contributed by atoms with van der Waals surface area (Å²) in [4.78, 5) is 0. The lowest BCUT2D eigenvalue weighted by atomic mass is 9.57. The molecule has 0 aromatic carbocycles. The van der Waals surface area contributed by atoms with Crippen LogP contribution in [0.5, 0.6) is 0 Å². The van der Waals surface area contributed by atoms with Crippen molar-refractivity contribution in [2.45, 2.75) is 20.8 Å². The summed E-state index contributed by atoms with van der Waals surface area (Å²) in [5, 5.41) is 3.35. The highest BCUT2D eigenvalue weighted by Crippen LogP contribution is 2.51. The number of ether oxygens (including phenoxy) is 1. The molecular formula is C10H19NO. The molecule has 2 fully saturated rings. The molecule has 2 rings (SSSR count). The van der Waals surface area contributed by atoms with Crippen LogP contribution in [-0.4, -0.2) is 26.3 Å². The Morgan fingerprint density at radius 2 is 1.83 bits per heavy atom. The highest BCUT2D eigenvalue weighted by molar-refractivity contribution is 5.04. The van der Waals surface area contributed by atoms with Crippen molar-refractivity contribution in [2.24, 2.45) is 16.7 Å². The minimum atomic E-state index is 0.401. The van der Waals surface area contributed by atoms with Gasteiger partial charge in [0.1, 0.15) is 0 Å². The van der Waals surface area contributed by atoms with E-state index < -0.39 is 0 Å². The fourth-order valence-corrected chi connectivity index (χ4v) is 2.28. The van der Waals surface area contributed by atoms with Crippen molar-refractivity contribution in [1.82, 2.24) is 5.32 Å². The van der Waals surface area contributed by atoms with E-state index in [1.54, 1.807) is 0 Å². The predicted octanol–water partition coefficient (Wildman–Crippen LogP) is 1.27. The smallest absolute Gasteiger partial charge is 0.0553 e. The molecule has 12 heavy (non-hydrogen) atoms. The third-order valence-electron chi connectivity index (χ3n) is 3.78. The van der Waals surface area contributed by atoms with Gasteiger partial charge in [0, 0.05) is 5.41 Å². The molecule has 0 saturated carbocycles. The second kappa shape index (κ2) is 2.46. The van der Waals surface area contributed by atoms with Gasteiger partial charge in [-0.3, -0.25) is 0 Å². The molecule has 2 nitrogen and oxygen atoms in total. The second-order valence-electron chi connectivity index (χ2n) is 5.25. The van der Waals surface area contributed by atoms with Crippen LogP contribution < -0.4 is 5.32 Å². The van der Waals surface area contributed by atoms with Crippen molar-refractivity contribution in [2.75, 3.05) is 26.3 Å². The molecule has 2 saturated heterocycles. The van der Waals surface area contributed by atoms with Gasteiger partial charge in [-0.25, -0.2) is 0 Å². The van der Waals surface area contributed by atoms with Crippen molar-refractivity contribution in [3.63, 3.8) is 0 Å². The molecule has 0 aliphatic carbocycles. The molecule has 2 heteroatoms. The Balaban J connectivity index is 2.12. The van der Waals surface area contributed by atoms with Crippen LogP contribution in [0.25, 0.3) is 0 Å². The number of hydrogen-bond acceptors (Lipinski definition) is 2. The molecule has 0 atom stereocenters. The molecule has 70 valence electrons. The van der Waals surface area contributed by atoms with Crippen LogP contribution in [0.3, 0.4) is 0 Å². The van der Waals surface area contributed by atoms with Gasteiger partial charge in [0.2, 0.25) is 0 Å². The third kappa shape index (κ3) is 0.944. The van der Waals surface area contributed by atoms with Crippen LogP contribution >= 0.6 is 0 Å². The zero-order valence-corrected chi connectivity index (χ0v) is 8.31. The van der Waals surface area contributed by atoms with E-state index in [2.05, 4.69) is 26.1 Å². The van der Waals surface area contributed by atoms with Gasteiger partial charge in [-0.05, 0) is 24.4 Å². The standard InChI is InChI=1S/C10H19NO/c1-9(2,3)10(6-12-7-10)8-4-11-5-8/h8,11H,4-7H2,1-3H3. The lowest BCUT2D eigenvalue weighted by molar-refractivity contribution is -0.210. The lowest BCUT2D eigenvalue weighted by Gasteiger charge is -2.58. The van der Waals surface area contributed by atoms with Gasteiger partial charge in [-0.15, -0.1) is 0 Å². The van der Waals surface area contributed by atoms with E-state index in [0.717, 1.165) is 19.1 Å². The Morgan fingerprint density at radius 1 is 1.25 bits per heavy atom. The van der Waals surface area contributed by atoms with Crippen molar-refractivity contribution in [3.05, 3.63) is 0 Å². The molecule has 2 aliphatic heterocycles. The maximum absolute atomic E-state index is 5.39. The van der Waals surface area contributed by atoms with Crippen molar-refractivity contribution in [1.29, 1.82) is 0 Å². The zero-order chi connectivity index (χ0) is 8.82. The third-order valence-corrected chi connectivity index (χ3v) is 3.78. The molecule has 0 aromatic rings. The average Bonchev–Trinajstić information content (AvgIpc) is 1.68. The van der Waals surface area contributed by atoms with E-state index >= 15 is 0 Å². The van der Waals surface area contributed by atoms with Gasteiger partial charge in [0.25, 0.3) is 0 Å². The summed E-state index contributed by atoms with van der Waals surface area (Å²) in [6, 6.07) is 0. The molecule has 2 aliphatic rings. The zero-order valence-electron chi connectivity index (χ0n) is 8.31. The number of hydrogen-bond donors (Lipinski definition) is 1. The van der Waals surface area contributed by atoms with Crippen molar-refractivity contribution in [3.8, 4) is 0 Å². The SMILES string of the molecule is CC(C)(C)C1(C2CNC2)COC1. The van der Waals surface area contributed by atoms with E-state index in [1.807, 2.05) is 0 Å². The van der Waals surface area contributed by atoms with E-state index in [4.69, 9.17) is 4.74 Å². The molecule has 0 amide bonds. The maximum atomic E-state index is 5.39. The van der Waals surface area contributed by atoms with E-state index in [-0.39, 0.29) is 0 Å². The van der Waals surface area contributed by atoms with Gasteiger partial charge in [0.15, 0.2) is 0 Å². The average molecular weight is 169 g/mol. The van der Waals surface area contributed by atoms with E-state index in [0.29, 0.717) is 10.8 Å². The summed E-state index contributed by atoms with van der Waals surface area (Å²) in [7, 11) is 0. The molecule has 0 aromatic heterocycles. The van der Waals surface area contributed by atoms with Gasteiger partial charge < -0.3 is 10.1 Å². The van der Waals surface area contributed by atoms with Crippen LogP contribution in [0.4, 0.5) is 0 Å². The molecule has 0 unspecified atom stereocenters. The first kappa shape index (κ1) is 8.52. The fourth-order valence-electron chi connectivity index (χ4n) is 2.28. The molecule has 1 N–H and O–H groups in total. The van der Waals surface area contributed by atoms with Crippen LogP contribution in [0.1, 0.15) is 20.8 Å². The Kier molecular flexibility index (Phi) is 1.74. The monoisotopic (exact) mass is 169 g/mol. The van der Waals surface area contributed by atoms with Crippen LogP contribution in [0, 0.1) is 16.7 Å². The predicted molar refractivity (Wildman–Crippen MR) is 49.1 cm³/mol. The Bertz CT molecular complexity index is 175. The maximum Gasteiger partial charge on any atom is 0.0553 e. The number of nitrogens with one attached hydrogen (secondary N) is 1. The first-order valence-corrected chi connectivity index (χ1v) is 4.85. The Hall–Kier alpha value is -0.0800. The van der Waals surface area contributed by atoms with Crippen LogP contribution in [0.15, 0.2) is 0 Å². The number of rotatable bonds is 1. The summed E-state index contributed by atoms with van der Waals surface area (Å²) in [5.74, 6) is 0.853. The van der Waals surface area contributed by atoms with E-state index in [9.17, 15) is 0 Å². The first-order chi connectivity index (χ1) is 5.56. The molecule has 2 heterocycles. The van der Waals surface area contributed by atoms with Crippen molar-refractivity contribution >= 4 is 0 Å². The van der Waals surface area contributed by atoms with Crippen LogP contribution in [-0.2, 0) is 4.74 Å². The highest BCUT2D eigenvalue weighted by Gasteiger charge is 2.54. The normalized spacial score (nSPS) is 29.2. The minimum absolute atomic E-state index is 0.401. The highest BCUT2D eigenvalue weighted by atomic mass is 16.5. The van der Waals surface area contributed by atoms with E-state index in [1.165, 1.54) is 13.1 Å². The molecule has 0 bridgehead atoms. The lowest BCUT2D eigenvalue weighted by Crippen LogP contribution is -2.65. The summed E-state index contributed by atoms with van der Waals surface area (Å²) in [6.07, 6.45) is 0. The Labute approximate surface area is 74.7 Å². The quantitative estimate of drug-likeness (QED) is 0.638. The summed E-state index contributed by atoms with van der Waals surface area (Å²) < 4.78 is 5.39. The minimum Gasteiger partial charge on any atom is -0.380 e. The topological polar surface area (TPSA) is 21.3 Å². The molecule has 0 spiro atoms. The summed E-state index contributed by atoms with van der Waals surface area (Å²) >= 11 is 0. The van der Waals surface area contributed by atoms with Gasteiger partial charge >= 0.3 is 0 Å². The summed E-state index contributed by atoms with van der Waals surface area (Å²) in [5.41, 5.74) is 0.871. The Morgan fingerprint density at radius 3 is 1.92 bits per heavy atom. The van der Waals surface area contributed by atoms with Gasteiger partial charge in [-0.2, -0.15) is 0 Å². The molecular weight excluding hydrogens is 150 g/mol. The van der Waals surface area contributed by atoms with Gasteiger partial charge in [0.05, 0.1) is 13.2 Å². The fraction of sp³-hybridized carbons (Fsp3) is 1.00. The first-order valence-electron chi connectivity index (χ1n) is 4.85. The second-order valence-corrected chi connectivity index (χ2v) is 5.25.